The zero-order valence-electron chi connectivity index (χ0n) is 17.2. The minimum Gasteiger partial charge on any atom is -0.436 e. The minimum atomic E-state index is -0.319. The van der Waals surface area contributed by atoms with E-state index in [0.717, 1.165) is 50.7 Å². The third-order valence-electron chi connectivity index (χ3n) is 5.02. The molecule has 0 unspecified atom stereocenters. The predicted molar refractivity (Wildman–Crippen MR) is 130 cm³/mol. The molecule has 5 aromatic rings. The Morgan fingerprint density at radius 2 is 1.78 bits per heavy atom. The number of fused-ring (bicyclic) bond motifs is 2. The van der Waals surface area contributed by atoms with Gasteiger partial charge in [-0.15, -0.1) is 0 Å². The summed E-state index contributed by atoms with van der Waals surface area (Å²) in [5, 5.41) is 6.01. The van der Waals surface area contributed by atoms with Crippen molar-refractivity contribution in [3.63, 3.8) is 0 Å². The largest absolute Gasteiger partial charge is 0.436 e. The van der Waals surface area contributed by atoms with E-state index < -0.39 is 0 Å². The van der Waals surface area contributed by atoms with Gasteiger partial charge in [-0.2, -0.15) is 8.75 Å². The van der Waals surface area contributed by atoms with Gasteiger partial charge < -0.3 is 9.73 Å². The van der Waals surface area contributed by atoms with Gasteiger partial charge in [-0.05, 0) is 79.7 Å². The Balaban J connectivity index is 1.35. The lowest BCUT2D eigenvalue weighted by Gasteiger charge is -2.12. The molecule has 7 nitrogen and oxygen atoms in total. The van der Waals surface area contributed by atoms with Crippen LogP contribution in [0, 0.1) is 13.8 Å². The number of oxazole rings is 1. The van der Waals surface area contributed by atoms with Crippen LogP contribution in [0.2, 0.25) is 0 Å². The van der Waals surface area contributed by atoms with Gasteiger partial charge >= 0.3 is 0 Å². The Hall–Kier alpha value is -3.69. The van der Waals surface area contributed by atoms with Crippen LogP contribution in [0.3, 0.4) is 0 Å². The van der Waals surface area contributed by atoms with Gasteiger partial charge in [0.05, 0.1) is 11.7 Å². The van der Waals surface area contributed by atoms with E-state index in [9.17, 15) is 4.79 Å². The first-order chi connectivity index (χ1) is 15.5. The minimum absolute atomic E-state index is 0.194. The molecule has 2 N–H and O–H groups in total. The molecule has 9 heteroatoms. The van der Waals surface area contributed by atoms with Crippen LogP contribution in [-0.2, 0) is 0 Å². The molecule has 0 atom stereocenters. The van der Waals surface area contributed by atoms with Crippen LogP contribution in [0.15, 0.2) is 59.0 Å². The van der Waals surface area contributed by atoms with Crippen molar-refractivity contribution >= 4 is 62.8 Å². The molecule has 0 saturated heterocycles. The average Bonchev–Trinajstić information content (AvgIpc) is 3.41. The van der Waals surface area contributed by atoms with E-state index in [1.165, 1.54) is 0 Å². The quantitative estimate of drug-likeness (QED) is 0.356. The number of aromatic nitrogens is 3. The molecule has 0 bridgehead atoms. The van der Waals surface area contributed by atoms with Crippen molar-refractivity contribution in [2.75, 3.05) is 5.32 Å². The first kappa shape index (κ1) is 20.2. The fraction of sp³-hybridized carbons (Fsp3) is 0.0870. The molecule has 32 heavy (non-hydrogen) atoms. The highest BCUT2D eigenvalue weighted by Crippen LogP contribution is 2.28. The number of rotatable bonds is 3. The standard InChI is InChI=1S/C23H17N5O2S2/c1-12-3-7-17-20(9-12)30-22(24-17)15-5-4-13(2)18(11-15)25-23(31)26-21(29)14-6-8-16-19(10-14)28-32-27-16/h3-11H,1-2H3,(H2,25,26,29,31). The van der Waals surface area contributed by atoms with Gasteiger partial charge in [-0.1, -0.05) is 12.1 Å². The van der Waals surface area contributed by atoms with E-state index in [1.54, 1.807) is 18.2 Å². The summed E-state index contributed by atoms with van der Waals surface area (Å²) in [6, 6.07) is 16.8. The molecule has 1 amide bonds. The topological polar surface area (TPSA) is 92.9 Å². The zero-order valence-corrected chi connectivity index (χ0v) is 18.8. The molecule has 158 valence electrons. The van der Waals surface area contributed by atoms with Crippen LogP contribution in [0.25, 0.3) is 33.6 Å². The van der Waals surface area contributed by atoms with Gasteiger partial charge in [0.15, 0.2) is 10.7 Å². The van der Waals surface area contributed by atoms with Gasteiger partial charge in [0, 0.05) is 16.8 Å². The molecular weight excluding hydrogens is 442 g/mol. The smallest absolute Gasteiger partial charge is 0.257 e. The molecule has 0 aliphatic rings. The maximum absolute atomic E-state index is 12.6. The van der Waals surface area contributed by atoms with Crippen molar-refractivity contribution in [3.8, 4) is 11.5 Å². The number of thiocarbonyl (C=S) groups is 1. The number of aryl methyl sites for hydroxylation is 2. The third kappa shape index (κ3) is 3.95. The molecule has 0 spiro atoms. The highest BCUT2D eigenvalue weighted by molar-refractivity contribution is 7.80. The van der Waals surface area contributed by atoms with Gasteiger partial charge in [-0.25, -0.2) is 4.98 Å². The Bertz CT molecular complexity index is 1510. The van der Waals surface area contributed by atoms with Crippen LogP contribution in [0.4, 0.5) is 5.69 Å². The molecule has 5 rings (SSSR count). The van der Waals surface area contributed by atoms with E-state index in [-0.39, 0.29) is 11.0 Å². The second kappa shape index (κ2) is 8.10. The van der Waals surface area contributed by atoms with Crippen molar-refractivity contribution in [1.82, 2.24) is 19.0 Å². The second-order valence-electron chi connectivity index (χ2n) is 7.40. The summed E-state index contributed by atoms with van der Waals surface area (Å²) in [4.78, 5) is 17.2. The molecule has 3 aromatic carbocycles. The van der Waals surface area contributed by atoms with E-state index in [1.807, 2.05) is 50.2 Å². The summed E-state index contributed by atoms with van der Waals surface area (Å²) in [5.74, 6) is 0.203. The molecular formula is C23H17N5O2S2. The maximum atomic E-state index is 12.6. The molecule has 0 aliphatic heterocycles. The lowest BCUT2D eigenvalue weighted by molar-refractivity contribution is 0.0978. The Kier molecular flexibility index (Phi) is 5.12. The number of hydrogen-bond donors (Lipinski definition) is 2. The van der Waals surface area contributed by atoms with Gasteiger partial charge in [0.2, 0.25) is 5.89 Å². The zero-order chi connectivity index (χ0) is 22.2. The first-order valence-electron chi connectivity index (χ1n) is 9.79. The summed E-state index contributed by atoms with van der Waals surface area (Å²) in [6.07, 6.45) is 0. The maximum Gasteiger partial charge on any atom is 0.257 e. The monoisotopic (exact) mass is 459 g/mol. The number of nitrogens with one attached hydrogen (secondary N) is 2. The molecule has 2 aromatic heterocycles. The van der Waals surface area contributed by atoms with Crippen LogP contribution in [-0.4, -0.2) is 24.8 Å². The van der Waals surface area contributed by atoms with Crippen LogP contribution < -0.4 is 10.6 Å². The van der Waals surface area contributed by atoms with E-state index in [0.29, 0.717) is 17.0 Å². The Morgan fingerprint density at radius 1 is 0.969 bits per heavy atom. The molecule has 0 saturated carbocycles. The van der Waals surface area contributed by atoms with E-state index in [4.69, 9.17) is 16.6 Å². The fourth-order valence-corrected chi connectivity index (χ4v) is 4.02. The number of carbonyl (C=O) groups is 1. The molecule has 0 fully saturated rings. The molecule has 0 aliphatic carbocycles. The first-order valence-corrected chi connectivity index (χ1v) is 10.9. The fourth-order valence-electron chi connectivity index (χ4n) is 3.30. The highest BCUT2D eigenvalue weighted by Gasteiger charge is 2.13. The molecule has 2 heterocycles. The third-order valence-corrected chi connectivity index (χ3v) is 5.78. The van der Waals surface area contributed by atoms with Crippen molar-refractivity contribution in [2.45, 2.75) is 13.8 Å². The number of amides is 1. The average molecular weight is 460 g/mol. The highest BCUT2D eigenvalue weighted by atomic mass is 32.1. The van der Waals surface area contributed by atoms with Crippen LogP contribution in [0.1, 0.15) is 21.5 Å². The molecule has 0 radical (unpaired) electrons. The SMILES string of the molecule is Cc1ccc2nc(-c3ccc(C)c(NC(=S)NC(=O)c4ccc5nsnc5c4)c3)oc2c1. The number of hydrogen-bond acceptors (Lipinski definition) is 7. The summed E-state index contributed by atoms with van der Waals surface area (Å²) < 4.78 is 14.2. The second-order valence-corrected chi connectivity index (χ2v) is 8.33. The number of carbonyl (C=O) groups excluding carboxylic acids is 1. The predicted octanol–water partition coefficient (Wildman–Crippen LogP) is 5.24. The van der Waals surface area contributed by atoms with E-state index in [2.05, 4.69) is 24.4 Å². The van der Waals surface area contributed by atoms with Crippen molar-refractivity contribution < 1.29 is 9.21 Å². The summed E-state index contributed by atoms with van der Waals surface area (Å²) in [6.45, 7) is 3.96. The lowest BCUT2D eigenvalue weighted by atomic mass is 10.1. The summed E-state index contributed by atoms with van der Waals surface area (Å²) >= 11 is 6.48. The number of benzene rings is 3. The summed E-state index contributed by atoms with van der Waals surface area (Å²) in [7, 11) is 0. The normalized spacial score (nSPS) is 11.1. The van der Waals surface area contributed by atoms with Crippen LogP contribution >= 0.6 is 23.9 Å². The summed E-state index contributed by atoms with van der Waals surface area (Å²) in [5.41, 5.74) is 7.08. The van der Waals surface area contributed by atoms with Crippen molar-refractivity contribution in [1.29, 1.82) is 0 Å². The van der Waals surface area contributed by atoms with Gasteiger partial charge in [0.1, 0.15) is 16.6 Å². The number of anilines is 1. The number of nitrogens with zero attached hydrogens (tertiary/aromatic N) is 3. The lowest BCUT2D eigenvalue weighted by Crippen LogP contribution is -2.34. The Labute approximate surface area is 192 Å². The van der Waals surface area contributed by atoms with Gasteiger partial charge in [-0.3, -0.25) is 10.1 Å². The van der Waals surface area contributed by atoms with E-state index >= 15 is 0 Å². The Morgan fingerprint density at radius 3 is 2.66 bits per heavy atom. The van der Waals surface area contributed by atoms with Crippen LogP contribution in [0.5, 0.6) is 0 Å². The van der Waals surface area contributed by atoms with Gasteiger partial charge in [0.25, 0.3) is 5.91 Å². The van der Waals surface area contributed by atoms with Crippen molar-refractivity contribution in [3.05, 3.63) is 71.3 Å². The van der Waals surface area contributed by atoms with Crippen molar-refractivity contribution in [2.24, 2.45) is 0 Å².